The van der Waals surface area contributed by atoms with Crippen molar-refractivity contribution in [1.82, 2.24) is 4.90 Å². The highest BCUT2D eigenvalue weighted by Crippen LogP contribution is 2.23. The van der Waals surface area contributed by atoms with Gasteiger partial charge in [-0.05, 0) is 42.8 Å². The Bertz CT molecular complexity index is 937. The highest BCUT2D eigenvalue weighted by Gasteiger charge is 2.20. The lowest BCUT2D eigenvalue weighted by molar-refractivity contribution is -0.139. The van der Waals surface area contributed by atoms with Crippen LogP contribution in [0.3, 0.4) is 0 Å². The molecule has 27 heavy (non-hydrogen) atoms. The molecule has 0 bridgehead atoms. The van der Waals surface area contributed by atoms with E-state index in [-0.39, 0.29) is 16.8 Å². The van der Waals surface area contributed by atoms with Crippen LogP contribution < -0.4 is 4.74 Å². The van der Waals surface area contributed by atoms with E-state index in [0.717, 1.165) is 11.8 Å². The van der Waals surface area contributed by atoms with Gasteiger partial charge in [0, 0.05) is 18.9 Å². The van der Waals surface area contributed by atoms with Crippen LogP contribution in [0.1, 0.15) is 28.9 Å². The number of carboxylic acid groups (broad SMARTS) is 1. The molecule has 8 heteroatoms. The minimum absolute atomic E-state index is 0.218. The molecule has 1 atom stereocenters. The molecule has 1 N–H and O–H groups in total. The summed E-state index contributed by atoms with van der Waals surface area (Å²) < 4.78 is 28.2. The van der Waals surface area contributed by atoms with Gasteiger partial charge in [-0.3, -0.25) is 4.79 Å². The minimum atomic E-state index is -3.28. The summed E-state index contributed by atoms with van der Waals surface area (Å²) in [4.78, 5) is 25.1. The smallest absolute Gasteiger partial charge is 0.341 e. The van der Waals surface area contributed by atoms with Crippen molar-refractivity contribution < 1.29 is 27.9 Å². The molecule has 0 aromatic heterocycles. The van der Waals surface area contributed by atoms with Gasteiger partial charge in [0.1, 0.15) is 5.75 Å². The first-order valence-corrected chi connectivity index (χ1v) is 10.0. The molecule has 1 unspecified atom stereocenters. The number of carboxylic acids is 1. The van der Waals surface area contributed by atoms with Gasteiger partial charge in [-0.1, -0.05) is 18.2 Å². The Balaban J connectivity index is 2.16. The van der Waals surface area contributed by atoms with Crippen LogP contribution in [0.4, 0.5) is 0 Å². The second kappa shape index (κ2) is 8.22. The summed E-state index contributed by atoms with van der Waals surface area (Å²) in [6, 6.07) is 12.4. The maximum atomic E-state index is 12.7. The van der Waals surface area contributed by atoms with Crippen molar-refractivity contribution in [1.29, 1.82) is 0 Å². The number of hydrogen-bond acceptors (Lipinski definition) is 5. The molecule has 0 spiro atoms. The Labute approximate surface area is 158 Å². The Morgan fingerprint density at radius 2 is 1.78 bits per heavy atom. The molecule has 0 saturated heterocycles. The van der Waals surface area contributed by atoms with Crippen LogP contribution in [-0.2, 0) is 14.6 Å². The lowest BCUT2D eigenvalue weighted by Crippen LogP contribution is -2.29. The first-order chi connectivity index (χ1) is 12.6. The van der Waals surface area contributed by atoms with E-state index in [1.165, 1.54) is 23.1 Å². The van der Waals surface area contributed by atoms with E-state index < -0.39 is 22.4 Å². The van der Waals surface area contributed by atoms with E-state index in [9.17, 15) is 18.0 Å². The number of rotatable bonds is 7. The lowest BCUT2D eigenvalue weighted by Gasteiger charge is -2.25. The van der Waals surface area contributed by atoms with E-state index in [2.05, 4.69) is 0 Å². The number of benzene rings is 2. The van der Waals surface area contributed by atoms with Crippen LogP contribution in [0.5, 0.6) is 5.75 Å². The Hall–Kier alpha value is -2.87. The second-order valence-corrected chi connectivity index (χ2v) is 8.16. The first-order valence-electron chi connectivity index (χ1n) is 8.11. The first kappa shape index (κ1) is 20.4. The maximum absolute atomic E-state index is 12.7. The number of carbonyl (C=O) groups excluding carboxylic acids is 1. The molecule has 0 aliphatic heterocycles. The molecule has 0 aliphatic carbocycles. The van der Waals surface area contributed by atoms with E-state index in [0.29, 0.717) is 11.3 Å². The van der Waals surface area contributed by atoms with Gasteiger partial charge in [0.15, 0.2) is 16.4 Å². The number of nitrogens with zero attached hydrogens (tertiary/aromatic N) is 1. The zero-order valence-corrected chi connectivity index (χ0v) is 16.1. The molecule has 0 aliphatic rings. The van der Waals surface area contributed by atoms with Crippen molar-refractivity contribution >= 4 is 21.7 Å². The van der Waals surface area contributed by atoms with Gasteiger partial charge >= 0.3 is 5.97 Å². The summed E-state index contributed by atoms with van der Waals surface area (Å²) in [5.41, 5.74) is 1.15. The predicted octanol–water partition coefficient (Wildman–Crippen LogP) is 2.39. The van der Waals surface area contributed by atoms with Gasteiger partial charge in [0.2, 0.25) is 0 Å². The zero-order chi connectivity index (χ0) is 20.2. The second-order valence-electron chi connectivity index (χ2n) is 6.14. The average molecular weight is 391 g/mol. The molecular weight excluding hydrogens is 370 g/mol. The molecule has 0 fully saturated rings. The minimum Gasteiger partial charge on any atom is -0.482 e. The summed E-state index contributed by atoms with van der Waals surface area (Å²) in [6.07, 6.45) is 1.14. The van der Waals surface area contributed by atoms with Gasteiger partial charge in [0.05, 0.1) is 10.9 Å². The van der Waals surface area contributed by atoms with Crippen molar-refractivity contribution in [2.24, 2.45) is 0 Å². The van der Waals surface area contributed by atoms with Gasteiger partial charge in [-0.15, -0.1) is 0 Å². The number of sulfone groups is 1. The molecule has 2 aromatic rings. The van der Waals surface area contributed by atoms with Gasteiger partial charge in [0.25, 0.3) is 5.91 Å². The number of ether oxygens (including phenoxy) is 1. The third-order valence-electron chi connectivity index (χ3n) is 4.14. The lowest BCUT2D eigenvalue weighted by atomic mass is 10.1. The topological polar surface area (TPSA) is 101 Å². The monoisotopic (exact) mass is 391 g/mol. The fourth-order valence-corrected chi connectivity index (χ4v) is 3.09. The molecule has 2 aromatic carbocycles. The van der Waals surface area contributed by atoms with Crippen LogP contribution in [0.25, 0.3) is 0 Å². The Morgan fingerprint density at radius 3 is 2.33 bits per heavy atom. The summed E-state index contributed by atoms with van der Waals surface area (Å²) >= 11 is 0. The third kappa shape index (κ3) is 5.30. The molecule has 0 heterocycles. The van der Waals surface area contributed by atoms with Crippen LogP contribution in [0.2, 0.25) is 0 Å². The zero-order valence-electron chi connectivity index (χ0n) is 15.2. The Morgan fingerprint density at radius 1 is 1.15 bits per heavy atom. The van der Waals surface area contributed by atoms with Crippen molar-refractivity contribution in [3.05, 3.63) is 59.7 Å². The van der Waals surface area contributed by atoms with Crippen molar-refractivity contribution in [2.45, 2.75) is 17.9 Å². The molecule has 2 rings (SSSR count). The van der Waals surface area contributed by atoms with Crippen LogP contribution in [0, 0.1) is 0 Å². The predicted molar refractivity (Wildman–Crippen MR) is 99.6 cm³/mol. The summed E-state index contributed by atoms with van der Waals surface area (Å²) in [7, 11) is -1.64. The summed E-state index contributed by atoms with van der Waals surface area (Å²) in [5, 5.41) is 8.67. The summed E-state index contributed by atoms with van der Waals surface area (Å²) in [6.45, 7) is 1.34. The third-order valence-corrected chi connectivity index (χ3v) is 5.26. The normalized spacial score (nSPS) is 12.3. The van der Waals surface area contributed by atoms with Gasteiger partial charge in [-0.2, -0.15) is 0 Å². The largest absolute Gasteiger partial charge is 0.482 e. The molecule has 7 nitrogen and oxygen atoms in total. The van der Waals surface area contributed by atoms with Gasteiger partial charge in [-0.25, -0.2) is 13.2 Å². The molecule has 0 saturated carbocycles. The van der Waals surface area contributed by atoms with Crippen LogP contribution >= 0.6 is 0 Å². The number of amides is 1. The average Bonchev–Trinajstić information content (AvgIpc) is 2.64. The number of hydrogen-bond donors (Lipinski definition) is 1. The maximum Gasteiger partial charge on any atom is 0.341 e. The highest BCUT2D eigenvalue weighted by atomic mass is 32.2. The standard InChI is InChI=1S/C19H21NO6S/c1-13(14-7-9-17(10-8-14)27(3,24)25)20(2)19(23)15-5-4-6-16(11-15)26-12-18(21)22/h4-11,13H,12H2,1-3H3,(H,21,22). The van der Waals surface area contributed by atoms with Crippen LogP contribution in [0.15, 0.2) is 53.4 Å². The van der Waals surface area contributed by atoms with Crippen molar-refractivity contribution in [2.75, 3.05) is 19.9 Å². The van der Waals surface area contributed by atoms with Crippen molar-refractivity contribution in [3.8, 4) is 5.75 Å². The molecule has 1 amide bonds. The fraction of sp³-hybridized carbons (Fsp3) is 0.263. The SMILES string of the molecule is CC(c1ccc(S(C)(=O)=O)cc1)N(C)C(=O)c1cccc(OCC(=O)O)c1. The molecule has 0 radical (unpaired) electrons. The van der Waals surface area contributed by atoms with E-state index in [1.807, 2.05) is 6.92 Å². The van der Waals surface area contributed by atoms with Crippen LogP contribution in [-0.4, -0.2) is 50.2 Å². The van der Waals surface area contributed by atoms with E-state index >= 15 is 0 Å². The van der Waals surface area contributed by atoms with E-state index in [1.54, 1.807) is 37.4 Å². The van der Waals surface area contributed by atoms with E-state index in [4.69, 9.17) is 9.84 Å². The van der Waals surface area contributed by atoms with Gasteiger partial charge < -0.3 is 14.7 Å². The number of aliphatic carboxylic acids is 1. The molecular formula is C19H21NO6S. The number of carbonyl (C=O) groups is 2. The highest BCUT2D eigenvalue weighted by molar-refractivity contribution is 7.90. The molecule has 144 valence electrons. The van der Waals surface area contributed by atoms with Crippen molar-refractivity contribution in [3.63, 3.8) is 0 Å². The summed E-state index contributed by atoms with van der Waals surface area (Å²) in [5.74, 6) is -1.08. The Kier molecular flexibility index (Phi) is 6.22. The fourth-order valence-electron chi connectivity index (χ4n) is 2.46. The quantitative estimate of drug-likeness (QED) is 0.778.